The van der Waals surface area contributed by atoms with Crippen molar-refractivity contribution in [1.82, 2.24) is 4.98 Å². The molecule has 1 aromatic heterocycles. The minimum atomic E-state index is 1.14. The second kappa shape index (κ2) is 3.12. The molecule has 12 heavy (non-hydrogen) atoms. The molecule has 2 rings (SSSR count). The standard InChI is InChI=1S/C10H10NP/c12-10-9(6-7-11-10)8-4-2-1-3-5-8/h1-7,11H,12H2. The van der Waals surface area contributed by atoms with Gasteiger partial charge in [0.1, 0.15) is 0 Å². The van der Waals surface area contributed by atoms with Crippen LogP contribution in [0.3, 0.4) is 0 Å². The van der Waals surface area contributed by atoms with Gasteiger partial charge < -0.3 is 4.98 Å². The average molecular weight is 175 g/mol. The zero-order chi connectivity index (χ0) is 8.39. The molecule has 0 saturated heterocycles. The van der Waals surface area contributed by atoms with Crippen molar-refractivity contribution < 1.29 is 0 Å². The third-order valence-electron chi connectivity index (χ3n) is 1.86. The molecule has 0 bridgehead atoms. The number of aromatic nitrogens is 1. The van der Waals surface area contributed by atoms with Gasteiger partial charge in [0, 0.05) is 17.2 Å². The summed E-state index contributed by atoms with van der Waals surface area (Å²) in [6.45, 7) is 0. The molecule has 0 spiro atoms. The Labute approximate surface area is 74.0 Å². The van der Waals surface area contributed by atoms with Crippen LogP contribution < -0.4 is 5.44 Å². The average Bonchev–Trinajstić information content (AvgIpc) is 2.53. The monoisotopic (exact) mass is 175 g/mol. The van der Waals surface area contributed by atoms with Gasteiger partial charge in [0.2, 0.25) is 0 Å². The summed E-state index contributed by atoms with van der Waals surface area (Å²) in [5, 5.41) is 0. The molecular weight excluding hydrogens is 165 g/mol. The number of rotatable bonds is 1. The maximum absolute atomic E-state index is 3.13. The summed E-state index contributed by atoms with van der Waals surface area (Å²) in [6.07, 6.45) is 1.95. The van der Waals surface area contributed by atoms with Gasteiger partial charge in [-0.1, -0.05) is 39.6 Å². The SMILES string of the molecule is Pc1[nH]ccc1-c1ccccc1. The van der Waals surface area contributed by atoms with Crippen molar-refractivity contribution in [2.24, 2.45) is 0 Å². The molecule has 1 aromatic carbocycles. The van der Waals surface area contributed by atoms with Crippen molar-refractivity contribution in [2.75, 3.05) is 0 Å². The smallest absolute Gasteiger partial charge is 0.0400 e. The first kappa shape index (κ1) is 7.57. The fourth-order valence-electron chi connectivity index (χ4n) is 1.25. The third kappa shape index (κ3) is 1.28. The first-order valence-electron chi connectivity index (χ1n) is 3.86. The van der Waals surface area contributed by atoms with Crippen LogP contribution in [0.25, 0.3) is 11.1 Å². The van der Waals surface area contributed by atoms with Crippen molar-refractivity contribution >= 4 is 14.7 Å². The molecule has 2 heteroatoms. The Hall–Kier alpha value is -1.07. The van der Waals surface area contributed by atoms with Crippen LogP contribution in [-0.4, -0.2) is 4.98 Å². The zero-order valence-electron chi connectivity index (χ0n) is 6.62. The van der Waals surface area contributed by atoms with Gasteiger partial charge in [-0.3, -0.25) is 0 Å². The van der Waals surface area contributed by atoms with Gasteiger partial charge in [-0.05, 0) is 11.6 Å². The Balaban J connectivity index is 2.51. The topological polar surface area (TPSA) is 15.8 Å². The van der Waals surface area contributed by atoms with E-state index < -0.39 is 0 Å². The van der Waals surface area contributed by atoms with E-state index in [4.69, 9.17) is 0 Å². The number of benzene rings is 1. The van der Waals surface area contributed by atoms with E-state index in [0.717, 1.165) is 5.44 Å². The lowest BCUT2D eigenvalue weighted by Gasteiger charge is -1.97. The molecule has 0 saturated carbocycles. The van der Waals surface area contributed by atoms with E-state index in [0.29, 0.717) is 0 Å². The minimum absolute atomic E-state index is 1.14. The third-order valence-corrected chi connectivity index (χ3v) is 2.34. The van der Waals surface area contributed by atoms with Crippen LogP contribution in [0.4, 0.5) is 0 Å². The van der Waals surface area contributed by atoms with Crippen LogP contribution in [0.15, 0.2) is 42.6 Å². The van der Waals surface area contributed by atoms with E-state index in [2.05, 4.69) is 32.4 Å². The molecule has 0 aliphatic heterocycles. The normalized spacial score (nSPS) is 10.1. The predicted molar refractivity (Wildman–Crippen MR) is 55.6 cm³/mol. The van der Waals surface area contributed by atoms with Crippen LogP contribution in [0.1, 0.15) is 0 Å². The molecule has 0 aliphatic rings. The summed E-state index contributed by atoms with van der Waals surface area (Å²) in [4.78, 5) is 3.13. The molecule has 0 radical (unpaired) electrons. The zero-order valence-corrected chi connectivity index (χ0v) is 7.77. The van der Waals surface area contributed by atoms with E-state index >= 15 is 0 Å². The summed E-state index contributed by atoms with van der Waals surface area (Å²) in [5.41, 5.74) is 3.64. The number of H-pyrrole nitrogens is 1. The summed E-state index contributed by atoms with van der Waals surface area (Å²) >= 11 is 0. The maximum atomic E-state index is 3.13. The van der Waals surface area contributed by atoms with E-state index in [-0.39, 0.29) is 0 Å². The minimum Gasteiger partial charge on any atom is -0.361 e. The van der Waals surface area contributed by atoms with Crippen molar-refractivity contribution in [3.05, 3.63) is 42.6 Å². The van der Waals surface area contributed by atoms with Crippen molar-refractivity contribution in [3.63, 3.8) is 0 Å². The van der Waals surface area contributed by atoms with Gasteiger partial charge in [-0.25, -0.2) is 0 Å². The van der Waals surface area contributed by atoms with Gasteiger partial charge in [-0.2, -0.15) is 0 Å². The fraction of sp³-hybridized carbons (Fsp3) is 0. The highest BCUT2D eigenvalue weighted by Gasteiger charge is 1.99. The summed E-state index contributed by atoms with van der Waals surface area (Å²) in [5.74, 6) is 0. The number of nitrogens with one attached hydrogen (secondary N) is 1. The highest BCUT2D eigenvalue weighted by Crippen LogP contribution is 2.17. The fourth-order valence-corrected chi connectivity index (χ4v) is 1.61. The summed E-state index contributed by atoms with van der Waals surface area (Å²) in [7, 11) is 2.69. The van der Waals surface area contributed by atoms with Crippen molar-refractivity contribution in [2.45, 2.75) is 0 Å². The Kier molecular flexibility index (Phi) is 1.97. The first-order chi connectivity index (χ1) is 5.88. The molecule has 1 nitrogen and oxygen atoms in total. The van der Waals surface area contributed by atoms with E-state index in [1.807, 2.05) is 24.4 Å². The molecule has 60 valence electrons. The number of aromatic amines is 1. The van der Waals surface area contributed by atoms with Gasteiger partial charge in [0.15, 0.2) is 0 Å². The molecule has 0 aliphatic carbocycles. The molecule has 1 heterocycles. The largest absolute Gasteiger partial charge is 0.361 e. The Morgan fingerprint density at radius 2 is 1.75 bits per heavy atom. The van der Waals surface area contributed by atoms with Crippen molar-refractivity contribution in [3.8, 4) is 11.1 Å². The Morgan fingerprint density at radius 3 is 2.33 bits per heavy atom. The summed E-state index contributed by atoms with van der Waals surface area (Å²) < 4.78 is 0. The van der Waals surface area contributed by atoms with E-state index in [1.54, 1.807) is 0 Å². The van der Waals surface area contributed by atoms with Crippen LogP contribution >= 0.6 is 9.24 Å². The van der Waals surface area contributed by atoms with Gasteiger partial charge in [0.25, 0.3) is 0 Å². The second-order valence-electron chi connectivity index (χ2n) is 2.67. The lowest BCUT2D eigenvalue weighted by molar-refractivity contribution is 1.48. The lowest BCUT2D eigenvalue weighted by atomic mass is 10.1. The number of hydrogen-bond acceptors (Lipinski definition) is 0. The quantitative estimate of drug-likeness (QED) is 0.639. The van der Waals surface area contributed by atoms with Gasteiger partial charge >= 0.3 is 0 Å². The number of hydrogen-bond donors (Lipinski definition) is 1. The van der Waals surface area contributed by atoms with Crippen molar-refractivity contribution in [1.29, 1.82) is 0 Å². The maximum Gasteiger partial charge on any atom is 0.0400 e. The lowest BCUT2D eigenvalue weighted by Crippen LogP contribution is -1.93. The molecule has 1 atom stereocenters. The molecule has 0 amide bonds. The van der Waals surface area contributed by atoms with Gasteiger partial charge in [0.05, 0.1) is 0 Å². The molecule has 2 aromatic rings. The van der Waals surface area contributed by atoms with E-state index in [9.17, 15) is 0 Å². The van der Waals surface area contributed by atoms with Crippen LogP contribution in [-0.2, 0) is 0 Å². The molecule has 0 fully saturated rings. The first-order valence-corrected chi connectivity index (χ1v) is 4.44. The van der Waals surface area contributed by atoms with Gasteiger partial charge in [-0.15, -0.1) is 0 Å². The predicted octanol–water partition coefficient (Wildman–Crippen LogP) is 2.18. The second-order valence-corrected chi connectivity index (χ2v) is 3.25. The molecule has 1 unspecified atom stereocenters. The van der Waals surface area contributed by atoms with Crippen LogP contribution in [0.5, 0.6) is 0 Å². The summed E-state index contributed by atoms with van der Waals surface area (Å²) in [6, 6.07) is 12.4. The molecular formula is C10H10NP. The Bertz CT molecular complexity index is 364. The molecule has 1 N–H and O–H groups in total. The van der Waals surface area contributed by atoms with Crippen LogP contribution in [0, 0.1) is 0 Å². The van der Waals surface area contributed by atoms with E-state index in [1.165, 1.54) is 11.1 Å². The van der Waals surface area contributed by atoms with Crippen LogP contribution in [0.2, 0.25) is 0 Å². The highest BCUT2D eigenvalue weighted by atomic mass is 31.0. The Morgan fingerprint density at radius 1 is 1.00 bits per heavy atom. The highest BCUT2D eigenvalue weighted by molar-refractivity contribution is 7.27.